The number of likely N-dealkylation sites (tertiary alicyclic amines) is 1. The molecule has 1 fully saturated rings. The number of para-hydroxylation sites is 1. The van der Waals surface area contributed by atoms with Gasteiger partial charge in [0.2, 0.25) is 11.8 Å². The molecule has 9 nitrogen and oxygen atoms in total. The van der Waals surface area contributed by atoms with Crippen LogP contribution in [-0.4, -0.2) is 51.7 Å². The molecule has 0 spiro atoms. The SMILES string of the molecule is CC(NC(=O)[C@@H]1C[C@@H](c2ccccc2)CN1C(=O)CNC(=O)c1ccc2c(c1)Oc1ccccc1S2)c1cc2cnccc2[nH]1. The van der Waals surface area contributed by atoms with E-state index in [4.69, 9.17) is 4.74 Å². The van der Waals surface area contributed by atoms with Crippen LogP contribution in [0.15, 0.2) is 107 Å². The molecule has 1 unspecified atom stereocenters. The molecule has 1 saturated heterocycles. The maximum Gasteiger partial charge on any atom is 0.251 e. The summed E-state index contributed by atoms with van der Waals surface area (Å²) in [7, 11) is 0. The summed E-state index contributed by atoms with van der Waals surface area (Å²) in [6.45, 7) is 2.06. The molecular weight excluding hydrogens is 586 g/mol. The fraction of sp³-hybridized carbons (Fsp3) is 0.200. The third kappa shape index (κ3) is 5.88. The van der Waals surface area contributed by atoms with E-state index >= 15 is 0 Å². The van der Waals surface area contributed by atoms with Gasteiger partial charge in [-0.05, 0) is 61.4 Å². The van der Waals surface area contributed by atoms with Crippen molar-refractivity contribution in [1.29, 1.82) is 0 Å². The molecule has 2 aliphatic rings. The average Bonchev–Trinajstić information content (AvgIpc) is 3.72. The first-order valence-electron chi connectivity index (χ1n) is 14.9. The molecule has 45 heavy (non-hydrogen) atoms. The number of aromatic nitrogens is 2. The van der Waals surface area contributed by atoms with Gasteiger partial charge < -0.3 is 25.3 Å². The standard InChI is InChI=1S/C35H31N5O4S/c1-21(27-15-24-18-36-14-13-26(24)39-27)38-35(43)28-16-25(22-7-3-2-4-8-22)20-40(28)33(41)19-37-34(42)23-11-12-32-30(17-23)44-29-9-5-6-10-31(29)45-32/h2-15,17-18,21,25,28,39H,16,19-20H2,1H3,(H,37,42)(H,38,43)/t21?,25-,28+/m1/s1. The Bertz CT molecular complexity index is 1880. The maximum absolute atomic E-state index is 13.7. The minimum absolute atomic E-state index is 0.00534. The molecule has 5 aromatic rings. The van der Waals surface area contributed by atoms with E-state index in [2.05, 4.69) is 20.6 Å². The molecule has 2 aliphatic heterocycles. The number of nitrogens with zero attached hydrogens (tertiary/aromatic N) is 2. The van der Waals surface area contributed by atoms with Crippen molar-refractivity contribution in [3.05, 3.63) is 114 Å². The Morgan fingerprint density at radius 1 is 1.00 bits per heavy atom. The summed E-state index contributed by atoms with van der Waals surface area (Å²) in [5.41, 5.74) is 3.25. The predicted octanol–water partition coefficient (Wildman–Crippen LogP) is 5.81. The topological polar surface area (TPSA) is 116 Å². The van der Waals surface area contributed by atoms with Crippen LogP contribution < -0.4 is 15.4 Å². The molecule has 2 aromatic heterocycles. The predicted molar refractivity (Wildman–Crippen MR) is 171 cm³/mol. The van der Waals surface area contributed by atoms with Crippen LogP contribution in [0.25, 0.3) is 10.9 Å². The van der Waals surface area contributed by atoms with Crippen LogP contribution in [0, 0.1) is 0 Å². The van der Waals surface area contributed by atoms with Gasteiger partial charge in [-0.3, -0.25) is 19.4 Å². The number of carbonyl (C=O) groups is 3. The number of nitrogens with one attached hydrogen (secondary N) is 3. The number of amides is 3. The van der Waals surface area contributed by atoms with E-state index in [1.165, 1.54) is 0 Å². The fourth-order valence-electron chi connectivity index (χ4n) is 5.97. The van der Waals surface area contributed by atoms with Gasteiger partial charge in [0.25, 0.3) is 5.91 Å². The number of carbonyl (C=O) groups excluding carboxylic acids is 3. The molecule has 4 heterocycles. The van der Waals surface area contributed by atoms with Crippen molar-refractivity contribution in [3.8, 4) is 11.5 Å². The summed E-state index contributed by atoms with van der Waals surface area (Å²) in [5, 5.41) is 6.82. The molecule has 3 N–H and O–H groups in total. The number of benzene rings is 3. The number of H-pyrrole nitrogens is 1. The monoisotopic (exact) mass is 617 g/mol. The third-order valence-electron chi connectivity index (χ3n) is 8.36. The van der Waals surface area contributed by atoms with Crippen LogP contribution in [0.5, 0.6) is 11.5 Å². The first kappa shape index (κ1) is 28.7. The zero-order valence-corrected chi connectivity index (χ0v) is 25.3. The molecule has 10 heteroatoms. The Morgan fingerprint density at radius 2 is 1.80 bits per heavy atom. The van der Waals surface area contributed by atoms with Gasteiger partial charge in [-0.1, -0.05) is 54.2 Å². The molecule has 0 radical (unpaired) electrons. The van der Waals surface area contributed by atoms with E-state index < -0.39 is 6.04 Å². The number of hydrogen-bond acceptors (Lipinski definition) is 6. The van der Waals surface area contributed by atoms with E-state index in [-0.39, 0.29) is 36.2 Å². The highest BCUT2D eigenvalue weighted by Gasteiger charge is 2.40. The van der Waals surface area contributed by atoms with E-state index in [0.717, 1.165) is 37.7 Å². The number of hydrogen-bond donors (Lipinski definition) is 3. The molecule has 226 valence electrons. The molecule has 3 amide bonds. The fourth-order valence-corrected chi connectivity index (χ4v) is 6.90. The zero-order valence-electron chi connectivity index (χ0n) is 24.5. The molecule has 3 aromatic carbocycles. The van der Waals surface area contributed by atoms with Gasteiger partial charge in [0, 0.05) is 47.0 Å². The summed E-state index contributed by atoms with van der Waals surface area (Å²) < 4.78 is 6.02. The number of aromatic amines is 1. The maximum atomic E-state index is 13.7. The van der Waals surface area contributed by atoms with Crippen molar-refractivity contribution < 1.29 is 19.1 Å². The lowest BCUT2D eigenvalue weighted by atomic mass is 9.96. The Balaban J connectivity index is 1.04. The molecular formula is C35H31N5O4S. The number of pyridine rings is 1. The van der Waals surface area contributed by atoms with Gasteiger partial charge in [-0.2, -0.15) is 0 Å². The Hall–Kier alpha value is -5.09. The zero-order chi connectivity index (χ0) is 30.9. The summed E-state index contributed by atoms with van der Waals surface area (Å²) >= 11 is 1.58. The smallest absolute Gasteiger partial charge is 0.251 e. The van der Waals surface area contributed by atoms with Crippen LogP contribution in [0.1, 0.15) is 46.9 Å². The number of rotatable bonds is 7. The first-order chi connectivity index (χ1) is 21.9. The third-order valence-corrected chi connectivity index (χ3v) is 9.47. The highest BCUT2D eigenvalue weighted by molar-refractivity contribution is 7.99. The van der Waals surface area contributed by atoms with Gasteiger partial charge in [0.1, 0.15) is 17.5 Å². The summed E-state index contributed by atoms with van der Waals surface area (Å²) in [6.07, 6.45) is 3.98. The normalized spacial score (nSPS) is 17.6. The van der Waals surface area contributed by atoms with Gasteiger partial charge in [-0.25, -0.2) is 0 Å². The van der Waals surface area contributed by atoms with Crippen LogP contribution in [0.4, 0.5) is 0 Å². The average molecular weight is 618 g/mol. The van der Waals surface area contributed by atoms with Crippen molar-refractivity contribution in [2.24, 2.45) is 0 Å². The van der Waals surface area contributed by atoms with E-state index in [9.17, 15) is 14.4 Å². The first-order valence-corrected chi connectivity index (χ1v) is 15.7. The van der Waals surface area contributed by atoms with E-state index in [0.29, 0.717) is 24.3 Å². The second kappa shape index (κ2) is 12.1. The van der Waals surface area contributed by atoms with Crippen molar-refractivity contribution in [2.45, 2.75) is 41.1 Å². The highest BCUT2D eigenvalue weighted by atomic mass is 32.2. The Labute approximate surface area is 264 Å². The minimum atomic E-state index is -0.678. The Morgan fingerprint density at radius 3 is 2.64 bits per heavy atom. The van der Waals surface area contributed by atoms with Gasteiger partial charge in [-0.15, -0.1) is 0 Å². The molecule has 0 bridgehead atoms. The quantitative estimate of drug-likeness (QED) is 0.208. The van der Waals surface area contributed by atoms with Crippen LogP contribution in [0.2, 0.25) is 0 Å². The van der Waals surface area contributed by atoms with E-state index in [1.807, 2.05) is 79.7 Å². The Kier molecular flexibility index (Phi) is 7.72. The van der Waals surface area contributed by atoms with E-state index in [1.54, 1.807) is 41.2 Å². The van der Waals surface area contributed by atoms with Crippen LogP contribution in [-0.2, 0) is 9.59 Å². The lowest BCUT2D eigenvalue weighted by Crippen LogP contribution is -2.49. The molecule has 3 atom stereocenters. The second-order valence-electron chi connectivity index (χ2n) is 11.3. The molecule has 0 saturated carbocycles. The largest absolute Gasteiger partial charge is 0.455 e. The minimum Gasteiger partial charge on any atom is -0.455 e. The number of fused-ring (bicyclic) bond motifs is 3. The van der Waals surface area contributed by atoms with Crippen LogP contribution >= 0.6 is 11.8 Å². The summed E-state index contributed by atoms with van der Waals surface area (Å²) in [4.78, 5) is 51.5. The van der Waals surface area contributed by atoms with Gasteiger partial charge >= 0.3 is 0 Å². The van der Waals surface area contributed by atoms with Gasteiger partial charge in [0.15, 0.2) is 0 Å². The van der Waals surface area contributed by atoms with Crippen molar-refractivity contribution in [3.63, 3.8) is 0 Å². The van der Waals surface area contributed by atoms with Crippen molar-refractivity contribution in [2.75, 3.05) is 13.1 Å². The second-order valence-corrected chi connectivity index (χ2v) is 12.4. The highest BCUT2D eigenvalue weighted by Crippen LogP contribution is 2.47. The van der Waals surface area contributed by atoms with Crippen LogP contribution in [0.3, 0.4) is 0 Å². The summed E-state index contributed by atoms with van der Waals surface area (Å²) in [5.74, 6) is 0.395. The molecule has 0 aliphatic carbocycles. The summed E-state index contributed by atoms with van der Waals surface area (Å²) in [6, 6.07) is 25.8. The lowest BCUT2D eigenvalue weighted by molar-refractivity contribution is -0.138. The lowest BCUT2D eigenvalue weighted by Gasteiger charge is -2.25. The number of ether oxygens (including phenoxy) is 1. The van der Waals surface area contributed by atoms with Gasteiger partial charge in [0.05, 0.1) is 22.4 Å². The van der Waals surface area contributed by atoms with Crippen molar-refractivity contribution >= 4 is 40.4 Å². The van der Waals surface area contributed by atoms with Crippen molar-refractivity contribution in [1.82, 2.24) is 25.5 Å². The molecule has 7 rings (SSSR count).